The highest BCUT2D eigenvalue weighted by Gasteiger charge is 2.29. The number of amides is 2. The highest BCUT2D eigenvalue weighted by Crippen LogP contribution is 2.24. The first-order valence-electron chi connectivity index (χ1n) is 7.64. The van der Waals surface area contributed by atoms with Gasteiger partial charge in [0.15, 0.2) is 0 Å². The third-order valence-electron chi connectivity index (χ3n) is 3.86. The molecule has 0 aliphatic carbocycles. The van der Waals surface area contributed by atoms with E-state index in [1.807, 2.05) is 0 Å². The van der Waals surface area contributed by atoms with Gasteiger partial charge in [0.25, 0.3) is 11.6 Å². The van der Waals surface area contributed by atoms with Crippen LogP contribution in [0.1, 0.15) is 23.2 Å². The van der Waals surface area contributed by atoms with E-state index in [1.165, 1.54) is 23.1 Å². The van der Waals surface area contributed by atoms with Crippen molar-refractivity contribution in [2.24, 2.45) is 11.7 Å². The first-order chi connectivity index (χ1) is 11.4. The molecule has 0 bridgehead atoms. The minimum Gasteiger partial charge on any atom is -0.355 e. The number of nitrogens with zero attached hydrogens (tertiary/aromatic N) is 2. The van der Waals surface area contributed by atoms with Gasteiger partial charge in [0, 0.05) is 48.9 Å². The molecule has 25 heavy (non-hydrogen) atoms. The summed E-state index contributed by atoms with van der Waals surface area (Å²) in [6.45, 7) is 1.52. The smallest absolute Gasteiger partial charge is 0.271 e. The SMILES string of the molecule is Cl.NCCNC(=O)C1CCCN(C(=O)c2cc(Cl)cc([N+](=O)[O-])c2)C1. The summed E-state index contributed by atoms with van der Waals surface area (Å²) in [5, 5.41) is 13.8. The molecule has 0 radical (unpaired) electrons. The van der Waals surface area contributed by atoms with Gasteiger partial charge in [0.05, 0.1) is 10.8 Å². The maximum absolute atomic E-state index is 12.6. The normalized spacial score (nSPS) is 16.7. The average molecular weight is 391 g/mol. The van der Waals surface area contributed by atoms with Crippen molar-refractivity contribution in [2.75, 3.05) is 26.2 Å². The number of rotatable bonds is 5. The fraction of sp³-hybridized carbons (Fsp3) is 0.467. The molecule has 1 fully saturated rings. The van der Waals surface area contributed by atoms with Crippen LogP contribution in [0.2, 0.25) is 5.02 Å². The van der Waals surface area contributed by atoms with Crippen molar-refractivity contribution >= 4 is 41.5 Å². The number of likely N-dealkylation sites (tertiary alicyclic amines) is 1. The second-order valence-electron chi connectivity index (χ2n) is 5.63. The van der Waals surface area contributed by atoms with E-state index < -0.39 is 4.92 Å². The monoisotopic (exact) mass is 390 g/mol. The molecule has 2 rings (SSSR count). The summed E-state index contributed by atoms with van der Waals surface area (Å²) in [5.41, 5.74) is 5.28. The number of carbonyl (C=O) groups is 2. The lowest BCUT2D eigenvalue weighted by Gasteiger charge is -2.32. The van der Waals surface area contributed by atoms with Gasteiger partial charge in [0.2, 0.25) is 5.91 Å². The molecule has 2 amide bonds. The van der Waals surface area contributed by atoms with E-state index in [4.69, 9.17) is 17.3 Å². The number of halogens is 2. The highest BCUT2D eigenvalue weighted by atomic mass is 35.5. The maximum atomic E-state index is 12.6. The van der Waals surface area contributed by atoms with Gasteiger partial charge >= 0.3 is 0 Å². The van der Waals surface area contributed by atoms with Crippen molar-refractivity contribution in [2.45, 2.75) is 12.8 Å². The summed E-state index contributed by atoms with van der Waals surface area (Å²) in [6, 6.07) is 3.79. The Morgan fingerprint density at radius 2 is 2.12 bits per heavy atom. The summed E-state index contributed by atoms with van der Waals surface area (Å²) in [4.78, 5) is 36.5. The first kappa shape index (κ1) is 21.1. The molecule has 1 heterocycles. The van der Waals surface area contributed by atoms with E-state index in [1.54, 1.807) is 0 Å². The van der Waals surface area contributed by atoms with Crippen molar-refractivity contribution in [3.05, 3.63) is 38.9 Å². The molecule has 1 atom stereocenters. The Morgan fingerprint density at radius 1 is 1.40 bits per heavy atom. The second kappa shape index (κ2) is 9.55. The van der Waals surface area contributed by atoms with Gasteiger partial charge in [-0.3, -0.25) is 19.7 Å². The molecular weight excluding hydrogens is 371 g/mol. The predicted octanol–water partition coefficient (Wildman–Crippen LogP) is 1.60. The molecule has 0 spiro atoms. The summed E-state index contributed by atoms with van der Waals surface area (Å²) < 4.78 is 0. The molecule has 10 heteroatoms. The molecule has 1 saturated heterocycles. The van der Waals surface area contributed by atoms with Gasteiger partial charge in [0.1, 0.15) is 0 Å². The molecule has 3 N–H and O–H groups in total. The number of nitrogens with two attached hydrogens (primary N) is 1. The van der Waals surface area contributed by atoms with Crippen LogP contribution in [-0.4, -0.2) is 47.8 Å². The fourth-order valence-corrected chi connectivity index (χ4v) is 2.93. The molecule has 1 aromatic rings. The van der Waals surface area contributed by atoms with Crippen molar-refractivity contribution < 1.29 is 14.5 Å². The van der Waals surface area contributed by atoms with E-state index >= 15 is 0 Å². The van der Waals surface area contributed by atoms with Gasteiger partial charge in [-0.2, -0.15) is 0 Å². The lowest BCUT2D eigenvalue weighted by atomic mass is 9.96. The predicted molar refractivity (Wildman–Crippen MR) is 96.0 cm³/mol. The summed E-state index contributed by atoms with van der Waals surface area (Å²) >= 11 is 5.86. The van der Waals surface area contributed by atoms with Crippen LogP contribution in [0, 0.1) is 16.0 Å². The van der Waals surface area contributed by atoms with Crippen LogP contribution in [-0.2, 0) is 4.79 Å². The Labute approximate surface area is 156 Å². The van der Waals surface area contributed by atoms with Crippen LogP contribution >= 0.6 is 24.0 Å². The Hall–Kier alpha value is -1.90. The van der Waals surface area contributed by atoms with Crippen LogP contribution in [0.15, 0.2) is 18.2 Å². The fourth-order valence-electron chi connectivity index (χ4n) is 2.70. The van der Waals surface area contributed by atoms with Crippen LogP contribution in [0.3, 0.4) is 0 Å². The first-order valence-corrected chi connectivity index (χ1v) is 8.02. The third kappa shape index (κ3) is 5.55. The number of hydrogen-bond donors (Lipinski definition) is 2. The number of carbonyl (C=O) groups excluding carboxylic acids is 2. The van der Waals surface area contributed by atoms with Gasteiger partial charge in [-0.25, -0.2) is 0 Å². The van der Waals surface area contributed by atoms with E-state index in [-0.39, 0.29) is 53.0 Å². The molecule has 8 nitrogen and oxygen atoms in total. The minimum absolute atomic E-state index is 0. The second-order valence-corrected chi connectivity index (χ2v) is 6.06. The molecule has 0 saturated carbocycles. The molecular formula is C15H20Cl2N4O4. The zero-order valence-electron chi connectivity index (χ0n) is 13.4. The van der Waals surface area contributed by atoms with Crippen LogP contribution in [0.25, 0.3) is 0 Å². The van der Waals surface area contributed by atoms with Gasteiger partial charge in [-0.1, -0.05) is 11.6 Å². The number of non-ortho nitro benzene ring substituents is 1. The van der Waals surface area contributed by atoms with E-state index in [0.29, 0.717) is 32.5 Å². The number of benzene rings is 1. The maximum Gasteiger partial charge on any atom is 0.271 e. The Balaban J connectivity index is 0.00000312. The molecule has 138 valence electrons. The van der Waals surface area contributed by atoms with Gasteiger partial charge < -0.3 is 16.0 Å². The minimum atomic E-state index is -0.595. The van der Waals surface area contributed by atoms with Crippen LogP contribution < -0.4 is 11.1 Å². The lowest BCUT2D eigenvalue weighted by Crippen LogP contribution is -2.46. The van der Waals surface area contributed by atoms with Crippen molar-refractivity contribution in [3.8, 4) is 0 Å². The number of nitrogens with one attached hydrogen (secondary N) is 1. The van der Waals surface area contributed by atoms with Crippen molar-refractivity contribution in [3.63, 3.8) is 0 Å². The highest BCUT2D eigenvalue weighted by molar-refractivity contribution is 6.31. The molecule has 0 aromatic heterocycles. The topological polar surface area (TPSA) is 119 Å². The molecule has 1 unspecified atom stereocenters. The summed E-state index contributed by atoms with van der Waals surface area (Å²) in [5.74, 6) is -0.796. The van der Waals surface area contributed by atoms with Crippen molar-refractivity contribution in [1.82, 2.24) is 10.2 Å². The van der Waals surface area contributed by atoms with Gasteiger partial charge in [-0.15, -0.1) is 12.4 Å². The zero-order chi connectivity index (χ0) is 17.7. The zero-order valence-corrected chi connectivity index (χ0v) is 15.0. The molecule has 1 aliphatic rings. The molecule has 1 aliphatic heterocycles. The van der Waals surface area contributed by atoms with Crippen LogP contribution in [0.5, 0.6) is 0 Å². The Kier molecular flexibility index (Phi) is 8.08. The van der Waals surface area contributed by atoms with E-state index in [9.17, 15) is 19.7 Å². The Morgan fingerprint density at radius 3 is 2.76 bits per heavy atom. The van der Waals surface area contributed by atoms with E-state index in [0.717, 1.165) is 0 Å². The number of nitro benzene ring substituents is 1. The largest absolute Gasteiger partial charge is 0.355 e. The van der Waals surface area contributed by atoms with E-state index in [2.05, 4.69) is 5.32 Å². The quantitative estimate of drug-likeness (QED) is 0.584. The molecule has 1 aromatic carbocycles. The Bertz CT molecular complexity index is 656. The standard InChI is InChI=1S/C15H19ClN4O4.ClH/c16-12-6-11(7-13(8-12)20(23)24)15(22)19-5-1-2-10(9-19)14(21)18-4-3-17;/h6-8,10H,1-5,9,17H2,(H,18,21);1H. The summed E-state index contributed by atoms with van der Waals surface area (Å²) in [7, 11) is 0. The van der Waals surface area contributed by atoms with Gasteiger partial charge in [-0.05, 0) is 18.9 Å². The number of piperidine rings is 1. The third-order valence-corrected chi connectivity index (χ3v) is 4.08. The lowest BCUT2D eigenvalue weighted by molar-refractivity contribution is -0.384. The summed E-state index contributed by atoms with van der Waals surface area (Å²) in [6.07, 6.45) is 1.38. The van der Waals surface area contributed by atoms with Crippen LogP contribution in [0.4, 0.5) is 5.69 Å². The average Bonchev–Trinajstić information content (AvgIpc) is 2.58. The van der Waals surface area contributed by atoms with Crippen molar-refractivity contribution in [1.29, 1.82) is 0 Å². The number of nitro groups is 1. The number of hydrogen-bond acceptors (Lipinski definition) is 5.